The van der Waals surface area contributed by atoms with Gasteiger partial charge < -0.3 is 9.73 Å². The molecule has 0 unspecified atom stereocenters. The Bertz CT molecular complexity index is 1140. The van der Waals surface area contributed by atoms with E-state index in [0.29, 0.717) is 27.4 Å². The second kappa shape index (κ2) is 6.89. The first-order chi connectivity index (χ1) is 12.7. The summed E-state index contributed by atoms with van der Waals surface area (Å²) in [5.41, 5.74) is 1.99. The van der Waals surface area contributed by atoms with Crippen LogP contribution in [0, 0.1) is 0 Å². The van der Waals surface area contributed by atoms with Crippen molar-refractivity contribution in [1.82, 2.24) is 9.97 Å². The number of nitrogens with one attached hydrogen (secondary N) is 2. The van der Waals surface area contributed by atoms with Gasteiger partial charge >= 0.3 is 5.76 Å². The van der Waals surface area contributed by atoms with E-state index in [9.17, 15) is 9.59 Å². The zero-order valence-corrected chi connectivity index (χ0v) is 14.2. The maximum absolute atomic E-state index is 12.7. The van der Waals surface area contributed by atoms with Gasteiger partial charge in [-0.3, -0.25) is 9.78 Å². The smallest absolute Gasteiger partial charge is 0.408 e. The number of anilines is 1. The van der Waals surface area contributed by atoms with E-state index in [1.807, 2.05) is 30.3 Å². The van der Waals surface area contributed by atoms with Gasteiger partial charge in [0, 0.05) is 16.8 Å². The molecular weight excluding hydrogens is 350 g/mol. The number of nitrogens with zero attached hydrogens (tertiary/aromatic N) is 1. The molecule has 0 radical (unpaired) electrons. The monoisotopic (exact) mass is 363 g/mol. The van der Waals surface area contributed by atoms with Crippen molar-refractivity contribution >= 4 is 34.5 Å². The molecule has 0 saturated heterocycles. The van der Waals surface area contributed by atoms with Crippen LogP contribution in [0.15, 0.2) is 86.0 Å². The van der Waals surface area contributed by atoms with Crippen LogP contribution in [-0.4, -0.2) is 15.9 Å². The lowest BCUT2D eigenvalue weighted by molar-refractivity contribution is 0.102. The molecule has 0 saturated carbocycles. The third-order valence-corrected chi connectivity index (χ3v) is 4.68. The average molecular weight is 363 g/mol. The maximum Gasteiger partial charge on any atom is 0.417 e. The van der Waals surface area contributed by atoms with Gasteiger partial charge in [0.2, 0.25) is 0 Å². The number of carbonyl (C=O) groups is 1. The van der Waals surface area contributed by atoms with Gasteiger partial charge in [-0.1, -0.05) is 30.0 Å². The summed E-state index contributed by atoms with van der Waals surface area (Å²) in [7, 11) is 0. The molecule has 2 N–H and O–H groups in total. The van der Waals surface area contributed by atoms with E-state index in [4.69, 9.17) is 4.42 Å². The first kappa shape index (κ1) is 16.2. The van der Waals surface area contributed by atoms with Gasteiger partial charge in [0.05, 0.1) is 11.1 Å². The lowest BCUT2D eigenvalue weighted by Gasteiger charge is -2.09. The highest BCUT2D eigenvalue weighted by Gasteiger charge is 2.14. The second-order valence-corrected chi connectivity index (χ2v) is 6.51. The summed E-state index contributed by atoms with van der Waals surface area (Å²) in [6.45, 7) is 0. The largest absolute Gasteiger partial charge is 0.417 e. The fraction of sp³-hybridized carbons (Fsp3) is 0. The Labute approximate surface area is 152 Å². The minimum Gasteiger partial charge on any atom is -0.408 e. The fourth-order valence-corrected chi connectivity index (χ4v) is 3.37. The van der Waals surface area contributed by atoms with Crippen LogP contribution < -0.4 is 11.1 Å². The Hall–Kier alpha value is -3.32. The average Bonchev–Trinajstić information content (AvgIpc) is 3.02. The van der Waals surface area contributed by atoms with Crippen molar-refractivity contribution in [3.05, 3.63) is 83.0 Å². The lowest BCUT2D eigenvalue weighted by atomic mass is 10.2. The first-order valence-electron chi connectivity index (χ1n) is 7.81. The summed E-state index contributed by atoms with van der Waals surface area (Å²) in [6.07, 6.45) is 1.66. The zero-order chi connectivity index (χ0) is 17.9. The Balaban J connectivity index is 1.60. The minimum atomic E-state index is -0.530. The van der Waals surface area contributed by atoms with Crippen molar-refractivity contribution in [1.29, 1.82) is 0 Å². The standard InChI is InChI=1S/C19H13N3O3S/c23-17(21-12-8-9-16-15(11-12)22-19(24)25-16)14-7-4-10-20-18(14)26-13-5-2-1-3-6-13/h1-11H,(H,21,23)(H,22,24). The normalized spacial score (nSPS) is 10.8. The van der Waals surface area contributed by atoms with Crippen molar-refractivity contribution in [3.8, 4) is 0 Å². The number of carbonyl (C=O) groups excluding carboxylic acids is 1. The van der Waals surface area contributed by atoms with E-state index in [1.54, 1.807) is 36.5 Å². The number of pyridine rings is 1. The van der Waals surface area contributed by atoms with E-state index in [-0.39, 0.29) is 5.91 Å². The predicted octanol–water partition coefficient (Wildman–Crippen LogP) is 3.92. The molecular formula is C19H13N3O3S. The van der Waals surface area contributed by atoms with Gasteiger partial charge in [-0.25, -0.2) is 9.78 Å². The zero-order valence-electron chi connectivity index (χ0n) is 13.4. The fourth-order valence-electron chi connectivity index (χ4n) is 2.47. The quantitative estimate of drug-likeness (QED) is 0.574. The van der Waals surface area contributed by atoms with Crippen molar-refractivity contribution in [2.45, 2.75) is 9.92 Å². The van der Waals surface area contributed by atoms with E-state index >= 15 is 0 Å². The molecule has 4 aromatic rings. The molecule has 0 atom stereocenters. The van der Waals surface area contributed by atoms with Gasteiger partial charge in [0.15, 0.2) is 5.58 Å². The molecule has 26 heavy (non-hydrogen) atoms. The first-order valence-corrected chi connectivity index (χ1v) is 8.63. The molecule has 128 valence electrons. The highest BCUT2D eigenvalue weighted by Crippen LogP contribution is 2.29. The molecule has 0 aliphatic heterocycles. The Morgan fingerprint density at radius 1 is 1.08 bits per heavy atom. The van der Waals surface area contributed by atoms with Crippen LogP contribution in [0.5, 0.6) is 0 Å². The Morgan fingerprint density at radius 3 is 2.77 bits per heavy atom. The molecule has 0 bridgehead atoms. The van der Waals surface area contributed by atoms with Crippen LogP contribution >= 0.6 is 11.8 Å². The number of H-pyrrole nitrogens is 1. The van der Waals surface area contributed by atoms with Crippen molar-refractivity contribution in [2.75, 3.05) is 5.32 Å². The van der Waals surface area contributed by atoms with Crippen molar-refractivity contribution in [3.63, 3.8) is 0 Å². The van der Waals surface area contributed by atoms with Crippen LogP contribution in [0.25, 0.3) is 11.1 Å². The number of amides is 1. The number of oxazole rings is 1. The topological polar surface area (TPSA) is 88.0 Å². The van der Waals surface area contributed by atoms with E-state index in [1.165, 1.54) is 11.8 Å². The van der Waals surface area contributed by atoms with Crippen molar-refractivity contribution < 1.29 is 9.21 Å². The summed E-state index contributed by atoms with van der Waals surface area (Å²) in [5, 5.41) is 3.45. The van der Waals surface area contributed by atoms with E-state index < -0.39 is 5.76 Å². The molecule has 6 nitrogen and oxygen atoms in total. The summed E-state index contributed by atoms with van der Waals surface area (Å²) < 4.78 is 4.96. The third-order valence-electron chi connectivity index (χ3n) is 3.65. The van der Waals surface area contributed by atoms with Crippen molar-refractivity contribution in [2.24, 2.45) is 0 Å². The molecule has 0 spiro atoms. The van der Waals surface area contributed by atoms with Crippen LogP contribution in [0.3, 0.4) is 0 Å². The van der Waals surface area contributed by atoms with Crippen LogP contribution in [0.4, 0.5) is 5.69 Å². The van der Waals surface area contributed by atoms with Crippen LogP contribution in [0.1, 0.15) is 10.4 Å². The van der Waals surface area contributed by atoms with E-state index in [0.717, 1.165) is 4.90 Å². The molecule has 7 heteroatoms. The van der Waals surface area contributed by atoms with Gasteiger partial charge in [0.25, 0.3) is 5.91 Å². The SMILES string of the molecule is O=C(Nc1ccc2oc(=O)[nH]c2c1)c1cccnc1Sc1ccccc1. The van der Waals surface area contributed by atoms with Gasteiger partial charge in [-0.05, 0) is 42.5 Å². The molecule has 2 aromatic carbocycles. The maximum atomic E-state index is 12.7. The molecule has 2 aromatic heterocycles. The number of aromatic nitrogens is 2. The molecule has 2 heterocycles. The number of benzene rings is 2. The Morgan fingerprint density at radius 2 is 1.92 bits per heavy atom. The summed E-state index contributed by atoms with van der Waals surface area (Å²) in [5.74, 6) is -0.806. The third kappa shape index (κ3) is 3.38. The van der Waals surface area contributed by atoms with Crippen LogP contribution in [0.2, 0.25) is 0 Å². The highest BCUT2D eigenvalue weighted by molar-refractivity contribution is 7.99. The van der Waals surface area contributed by atoms with Gasteiger partial charge in [0.1, 0.15) is 5.03 Å². The highest BCUT2D eigenvalue weighted by atomic mass is 32.2. The molecule has 0 aliphatic carbocycles. The summed E-state index contributed by atoms with van der Waals surface area (Å²) >= 11 is 1.42. The number of aromatic amines is 1. The minimum absolute atomic E-state index is 0.276. The molecule has 0 fully saturated rings. The lowest BCUT2D eigenvalue weighted by Crippen LogP contribution is -2.13. The molecule has 0 aliphatic rings. The number of hydrogen-bond donors (Lipinski definition) is 2. The van der Waals surface area contributed by atoms with Gasteiger partial charge in [-0.15, -0.1) is 0 Å². The predicted molar refractivity (Wildman–Crippen MR) is 99.6 cm³/mol. The summed E-state index contributed by atoms with van der Waals surface area (Å²) in [6, 6.07) is 18.1. The second-order valence-electron chi connectivity index (χ2n) is 5.45. The molecule has 4 rings (SSSR count). The number of hydrogen-bond acceptors (Lipinski definition) is 5. The van der Waals surface area contributed by atoms with E-state index in [2.05, 4.69) is 15.3 Å². The summed E-state index contributed by atoms with van der Waals surface area (Å²) in [4.78, 5) is 31.8. The number of rotatable bonds is 4. The number of fused-ring (bicyclic) bond motifs is 1. The van der Waals surface area contributed by atoms with Gasteiger partial charge in [-0.2, -0.15) is 0 Å². The molecule has 1 amide bonds. The Kier molecular flexibility index (Phi) is 4.28. The van der Waals surface area contributed by atoms with Crippen LogP contribution in [-0.2, 0) is 0 Å².